The Labute approximate surface area is 160 Å². The van der Waals surface area contributed by atoms with Crippen molar-refractivity contribution in [3.63, 3.8) is 0 Å². The smallest absolute Gasteiger partial charge is 0.303 e. The lowest BCUT2D eigenvalue weighted by Crippen LogP contribution is -2.43. The maximum absolute atomic E-state index is 12.7. The molecular weight excluding hydrogens is 340 g/mol. The Hall–Kier alpha value is -2.23. The summed E-state index contributed by atoms with van der Waals surface area (Å²) in [5.41, 5.74) is 3.09. The highest BCUT2D eigenvalue weighted by Gasteiger charge is 2.54. The Morgan fingerprint density at radius 3 is 2.78 bits per heavy atom. The van der Waals surface area contributed by atoms with Gasteiger partial charge in [0.2, 0.25) is 0 Å². The second-order valence-corrected chi connectivity index (χ2v) is 8.70. The minimum absolute atomic E-state index is 0.0715. The SMILES string of the molecule is CC(=O)OCC(=O)C1=CC[C@H]2C3CCC4=CC(=O)C=C[C@]4(C)C3=CC[C@]12C. The van der Waals surface area contributed by atoms with E-state index in [1.165, 1.54) is 18.1 Å². The third kappa shape index (κ3) is 2.69. The van der Waals surface area contributed by atoms with Crippen molar-refractivity contribution >= 4 is 17.5 Å². The summed E-state index contributed by atoms with van der Waals surface area (Å²) in [6.07, 6.45) is 13.6. The average molecular weight is 366 g/mol. The van der Waals surface area contributed by atoms with E-state index >= 15 is 0 Å². The lowest BCUT2D eigenvalue weighted by molar-refractivity contribution is -0.145. The van der Waals surface area contributed by atoms with Crippen molar-refractivity contribution in [2.45, 2.75) is 46.5 Å². The van der Waals surface area contributed by atoms with Crippen LogP contribution in [0, 0.1) is 22.7 Å². The molecule has 0 aromatic rings. The number of rotatable bonds is 3. The molecule has 0 radical (unpaired) electrons. The van der Waals surface area contributed by atoms with Crippen LogP contribution in [0.4, 0.5) is 0 Å². The lowest BCUT2D eigenvalue weighted by Gasteiger charge is -2.51. The summed E-state index contributed by atoms with van der Waals surface area (Å²) in [5.74, 6) is 0.394. The normalized spacial score (nSPS) is 36.7. The van der Waals surface area contributed by atoms with Gasteiger partial charge in [0.25, 0.3) is 0 Å². The number of esters is 1. The van der Waals surface area contributed by atoms with Gasteiger partial charge in [0.1, 0.15) is 0 Å². The molecule has 0 aromatic carbocycles. The number of carbonyl (C=O) groups is 3. The molecule has 0 bridgehead atoms. The highest BCUT2D eigenvalue weighted by Crippen LogP contribution is 2.62. The third-order valence-electron chi connectivity index (χ3n) is 7.24. The molecule has 1 saturated carbocycles. The van der Waals surface area contributed by atoms with Gasteiger partial charge >= 0.3 is 5.97 Å². The summed E-state index contributed by atoms with van der Waals surface area (Å²) in [6.45, 7) is 5.56. The van der Waals surface area contributed by atoms with Crippen LogP contribution in [-0.4, -0.2) is 24.1 Å². The van der Waals surface area contributed by atoms with Gasteiger partial charge in [-0.15, -0.1) is 0 Å². The van der Waals surface area contributed by atoms with Crippen LogP contribution in [0.15, 0.2) is 47.1 Å². The molecule has 0 aromatic heterocycles. The molecule has 4 atom stereocenters. The maximum atomic E-state index is 12.7. The first-order valence-corrected chi connectivity index (χ1v) is 9.77. The van der Waals surface area contributed by atoms with E-state index in [1.54, 1.807) is 6.08 Å². The van der Waals surface area contributed by atoms with Gasteiger partial charge in [0.05, 0.1) is 0 Å². The predicted octanol–water partition coefficient (Wildman–Crippen LogP) is 3.88. The van der Waals surface area contributed by atoms with E-state index in [2.05, 4.69) is 32.1 Å². The van der Waals surface area contributed by atoms with Crippen molar-refractivity contribution < 1.29 is 19.1 Å². The molecule has 4 aliphatic carbocycles. The molecule has 4 rings (SSSR count). The Kier molecular flexibility index (Phi) is 4.13. The highest BCUT2D eigenvalue weighted by atomic mass is 16.5. The summed E-state index contributed by atoms with van der Waals surface area (Å²) in [7, 11) is 0. The fraction of sp³-hybridized carbons (Fsp3) is 0.522. The molecule has 4 nitrogen and oxygen atoms in total. The van der Waals surface area contributed by atoms with E-state index < -0.39 is 5.97 Å². The third-order valence-corrected chi connectivity index (χ3v) is 7.24. The molecule has 0 amide bonds. The molecule has 0 aliphatic heterocycles. The van der Waals surface area contributed by atoms with Crippen molar-refractivity contribution in [1.82, 2.24) is 0 Å². The standard InChI is InChI=1S/C23H26O4/c1-14(24)27-13-21(26)20-7-6-18-17-5-4-15-12-16(25)8-10-22(15,2)19(17)9-11-23(18,20)3/h7-10,12,17-18H,4-6,11,13H2,1-3H3/t17?,18-,22-,23-/m0/s1. The first kappa shape index (κ1) is 18.1. The Morgan fingerprint density at radius 1 is 1.26 bits per heavy atom. The number of ether oxygens (including phenoxy) is 1. The average Bonchev–Trinajstić information content (AvgIpc) is 2.97. The molecule has 142 valence electrons. The van der Waals surface area contributed by atoms with Gasteiger partial charge in [-0.2, -0.15) is 0 Å². The van der Waals surface area contributed by atoms with Crippen LogP contribution >= 0.6 is 0 Å². The van der Waals surface area contributed by atoms with Crippen LogP contribution in [0.25, 0.3) is 0 Å². The van der Waals surface area contributed by atoms with Crippen molar-refractivity contribution in [2.24, 2.45) is 22.7 Å². The molecule has 0 heterocycles. The molecule has 4 heteroatoms. The fourth-order valence-electron chi connectivity index (χ4n) is 5.78. The lowest BCUT2D eigenvalue weighted by atomic mass is 9.52. The van der Waals surface area contributed by atoms with E-state index in [4.69, 9.17) is 4.74 Å². The number of hydrogen-bond donors (Lipinski definition) is 0. The van der Waals surface area contributed by atoms with Gasteiger partial charge in [-0.25, -0.2) is 0 Å². The molecule has 1 fully saturated rings. The summed E-state index contributed by atoms with van der Waals surface area (Å²) in [6, 6.07) is 0. The number of carbonyl (C=O) groups excluding carboxylic acids is 3. The van der Waals surface area contributed by atoms with E-state index in [0.29, 0.717) is 11.8 Å². The van der Waals surface area contributed by atoms with Gasteiger partial charge in [-0.3, -0.25) is 14.4 Å². The number of Topliss-reactive ketones (excluding diaryl/α,β-unsaturated/α-hetero) is 1. The Morgan fingerprint density at radius 2 is 2.04 bits per heavy atom. The fourth-order valence-corrected chi connectivity index (χ4v) is 5.78. The molecule has 1 unspecified atom stereocenters. The number of hydrogen-bond acceptors (Lipinski definition) is 4. The van der Waals surface area contributed by atoms with Gasteiger partial charge in [-0.05, 0) is 56.6 Å². The van der Waals surface area contributed by atoms with E-state index in [9.17, 15) is 14.4 Å². The van der Waals surface area contributed by atoms with E-state index in [-0.39, 0.29) is 29.0 Å². The summed E-state index contributed by atoms with van der Waals surface area (Å²) in [5, 5.41) is 0. The molecule has 4 aliphatic rings. The van der Waals surface area contributed by atoms with Crippen LogP contribution in [0.3, 0.4) is 0 Å². The molecular formula is C23H26O4. The zero-order valence-corrected chi connectivity index (χ0v) is 16.2. The van der Waals surface area contributed by atoms with Gasteiger partial charge in [0.15, 0.2) is 18.2 Å². The summed E-state index contributed by atoms with van der Waals surface area (Å²) >= 11 is 0. The summed E-state index contributed by atoms with van der Waals surface area (Å²) in [4.78, 5) is 35.6. The van der Waals surface area contributed by atoms with Crippen LogP contribution in [0.2, 0.25) is 0 Å². The van der Waals surface area contributed by atoms with Gasteiger partial charge in [0, 0.05) is 23.3 Å². The largest absolute Gasteiger partial charge is 0.457 e. The minimum Gasteiger partial charge on any atom is -0.457 e. The van der Waals surface area contributed by atoms with E-state index in [1.807, 2.05) is 6.08 Å². The Bertz CT molecular complexity index is 856. The van der Waals surface area contributed by atoms with Crippen LogP contribution in [0.5, 0.6) is 0 Å². The van der Waals surface area contributed by atoms with Crippen molar-refractivity contribution in [3.8, 4) is 0 Å². The second kappa shape index (κ2) is 6.15. The Balaban J connectivity index is 1.63. The number of allylic oxidation sites excluding steroid dienone is 7. The number of ketones is 2. The zero-order chi connectivity index (χ0) is 19.4. The maximum Gasteiger partial charge on any atom is 0.303 e. The zero-order valence-electron chi connectivity index (χ0n) is 16.2. The first-order valence-electron chi connectivity index (χ1n) is 9.77. The topological polar surface area (TPSA) is 60.4 Å². The second-order valence-electron chi connectivity index (χ2n) is 8.70. The highest BCUT2D eigenvalue weighted by molar-refractivity contribution is 6.01. The monoisotopic (exact) mass is 366 g/mol. The van der Waals surface area contributed by atoms with Gasteiger partial charge < -0.3 is 4.74 Å². The van der Waals surface area contributed by atoms with Crippen molar-refractivity contribution in [1.29, 1.82) is 0 Å². The number of fused-ring (bicyclic) bond motifs is 5. The molecule has 0 saturated heterocycles. The van der Waals surface area contributed by atoms with Gasteiger partial charge in [-0.1, -0.05) is 36.3 Å². The van der Waals surface area contributed by atoms with Crippen LogP contribution in [0.1, 0.15) is 46.5 Å². The van der Waals surface area contributed by atoms with E-state index in [0.717, 1.165) is 31.3 Å². The quantitative estimate of drug-likeness (QED) is 0.562. The molecule has 0 spiro atoms. The predicted molar refractivity (Wildman–Crippen MR) is 102 cm³/mol. The van der Waals surface area contributed by atoms with Crippen LogP contribution in [-0.2, 0) is 19.1 Å². The molecule has 27 heavy (non-hydrogen) atoms. The minimum atomic E-state index is -0.423. The first-order chi connectivity index (χ1) is 12.8. The summed E-state index contributed by atoms with van der Waals surface area (Å²) < 4.78 is 4.95. The van der Waals surface area contributed by atoms with Crippen LogP contribution < -0.4 is 0 Å². The van der Waals surface area contributed by atoms with Crippen molar-refractivity contribution in [2.75, 3.05) is 6.61 Å². The van der Waals surface area contributed by atoms with Crippen molar-refractivity contribution in [3.05, 3.63) is 47.1 Å². The molecule has 0 N–H and O–H groups in total.